The number of amides is 2. The van der Waals surface area contributed by atoms with Gasteiger partial charge in [-0.3, -0.25) is 14.5 Å². The van der Waals surface area contributed by atoms with E-state index in [4.69, 9.17) is 16.3 Å². The number of rotatable bonds is 4. The zero-order valence-electron chi connectivity index (χ0n) is 13.5. The fourth-order valence-corrected chi connectivity index (χ4v) is 4.08. The van der Waals surface area contributed by atoms with Crippen LogP contribution in [0.5, 0.6) is 11.5 Å². The van der Waals surface area contributed by atoms with Crippen LogP contribution in [0.3, 0.4) is 0 Å². The molecule has 134 valence electrons. The average molecular weight is 502 g/mol. The topological polar surface area (TPSA) is 66.8 Å². The van der Waals surface area contributed by atoms with Crippen molar-refractivity contribution < 1.29 is 19.4 Å². The first kappa shape index (κ1) is 19.1. The standard InChI is InChI=1S/C18H13ClINO4S/c1-25-14-7-10(6-13(20)16(14)22)8-15-17(23)21(18(24)26-15)9-11-4-2-3-5-12(11)19/h2-8,22H,9H2,1H3/b15-8-. The van der Waals surface area contributed by atoms with Gasteiger partial charge in [0.2, 0.25) is 0 Å². The minimum Gasteiger partial charge on any atom is -0.504 e. The molecule has 8 heteroatoms. The number of nitrogens with zero attached hydrogens (tertiary/aromatic N) is 1. The second kappa shape index (κ2) is 7.89. The predicted molar refractivity (Wildman–Crippen MR) is 110 cm³/mol. The first-order chi connectivity index (χ1) is 12.4. The maximum atomic E-state index is 12.6. The lowest BCUT2D eigenvalue weighted by Gasteiger charge is -2.13. The highest BCUT2D eigenvalue weighted by Gasteiger charge is 2.35. The van der Waals surface area contributed by atoms with E-state index in [1.807, 2.05) is 22.6 Å². The fraction of sp³-hybridized carbons (Fsp3) is 0.111. The summed E-state index contributed by atoms with van der Waals surface area (Å²) in [6.07, 6.45) is 1.61. The molecule has 1 fully saturated rings. The zero-order chi connectivity index (χ0) is 18.8. The lowest BCUT2D eigenvalue weighted by Crippen LogP contribution is -2.27. The summed E-state index contributed by atoms with van der Waals surface area (Å²) >= 11 is 8.97. The molecule has 5 nitrogen and oxygen atoms in total. The maximum Gasteiger partial charge on any atom is 0.293 e. The number of hydrogen-bond acceptors (Lipinski definition) is 5. The van der Waals surface area contributed by atoms with Crippen molar-refractivity contribution in [3.05, 3.63) is 61.0 Å². The SMILES string of the molecule is COc1cc(/C=C2\SC(=O)N(Cc3ccccc3Cl)C2=O)cc(I)c1O. The average Bonchev–Trinajstić information content (AvgIpc) is 2.87. The molecular weight excluding hydrogens is 489 g/mol. The molecule has 0 unspecified atom stereocenters. The van der Waals surface area contributed by atoms with Crippen molar-refractivity contribution in [1.82, 2.24) is 4.90 Å². The monoisotopic (exact) mass is 501 g/mol. The summed E-state index contributed by atoms with van der Waals surface area (Å²) in [6, 6.07) is 10.4. The summed E-state index contributed by atoms with van der Waals surface area (Å²) in [4.78, 5) is 26.4. The Labute approximate surface area is 173 Å². The van der Waals surface area contributed by atoms with Crippen LogP contribution in [0, 0.1) is 3.57 Å². The molecular formula is C18H13ClINO4S. The number of thioether (sulfide) groups is 1. The number of aromatic hydroxyl groups is 1. The highest BCUT2D eigenvalue weighted by atomic mass is 127. The van der Waals surface area contributed by atoms with Crippen LogP contribution in [0.25, 0.3) is 6.08 Å². The number of halogens is 2. The van der Waals surface area contributed by atoms with Crippen LogP contribution in [0.15, 0.2) is 41.3 Å². The highest BCUT2D eigenvalue weighted by molar-refractivity contribution is 14.1. The second-order valence-electron chi connectivity index (χ2n) is 5.41. The van der Waals surface area contributed by atoms with E-state index in [1.54, 1.807) is 42.5 Å². The number of benzene rings is 2. The van der Waals surface area contributed by atoms with Crippen LogP contribution >= 0.6 is 46.0 Å². The van der Waals surface area contributed by atoms with E-state index in [-0.39, 0.29) is 23.4 Å². The van der Waals surface area contributed by atoms with Gasteiger partial charge in [-0.25, -0.2) is 0 Å². The minimum atomic E-state index is -0.373. The van der Waals surface area contributed by atoms with Gasteiger partial charge in [0.15, 0.2) is 11.5 Å². The van der Waals surface area contributed by atoms with Crippen LogP contribution in [-0.2, 0) is 11.3 Å². The molecule has 1 saturated heterocycles. The zero-order valence-corrected chi connectivity index (χ0v) is 17.3. The first-order valence-electron chi connectivity index (χ1n) is 7.46. The summed E-state index contributed by atoms with van der Waals surface area (Å²) < 4.78 is 5.71. The van der Waals surface area contributed by atoms with Gasteiger partial charge in [0.05, 0.1) is 22.1 Å². The van der Waals surface area contributed by atoms with E-state index >= 15 is 0 Å². The van der Waals surface area contributed by atoms with E-state index in [1.165, 1.54) is 12.0 Å². The highest BCUT2D eigenvalue weighted by Crippen LogP contribution is 2.37. The molecule has 0 aliphatic carbocycles. The molecule has 2 amide bonds. The molecule has 3 rings (SSSR count). The Bertz CT molecular complexity index is 931. The van der Waals surface area contributed by atoms with Crippen molar-refractivity contribution in [3.63, 3.8) is 0 Å². The number of carbonyl (C=O) groups is 2. The van der Waals surface area contributed by atoms with Gasteiger partial charge < -0.3 is 9.84 Å². The van der Waals surface area contributed by atoms with Gasteiger partial charge in [0.1, 0.15) is 0 Å². The van der Waals surface area contributed by atoms with E-state index in [0.29, 0.717) is 30.4 Å². The van der Waals surface area contributed by atoms with Crippen molar-refractivity contribution in [2.24, 2.45) is 0 Å². The van der Waals surface area contributed by atoms with Gasteiger partial charge in [-0.05, 0) is 69.8 Å². The van der Waals surface area contributed by atoms with E-state index in [0.717, 1.165) is 11.8 Å². The molecule has 0 radical (unpaired) electrons. The van der Waals surface area contributed by atoms with Crippen molar-refractivity contribution in [3.8, 4) is 11.5 Å². The van der Waals surface area contributed by atoms with Crippen molar-refractivity contribution >= 4 is 63.2 Å². The smallest absolute Gasteiger partial charge is 0.293 e. The van der Waals surface area contributed by atoms with E-state index in [2.05, 4.69) is 0 Å². The Balaban J connectivity index is 1.88. The number of ether oxygens (including phenoxy) is 1. The van der Waals surface area contributed by atoms with Crippen molar-refractivity contribution in [2.75, 3.05) is 7.11 Å². The molecule has 0 saturated carbocycles. The molecule has 1 heterocycles. The number of phenols is 1. The Morgan fingerprint density at radius 2 is 2.04 bits per heavy atom. The molecule has 0 spiro atoms. The van der Waals surface area contributed by atoms with Crippen LogP contribution < -0.4 is 4.74 Å². The summed E-state index contributed by atoms with van der Waals surface area (Å²) in [6.45, 7) is 0.123. The Hall–Kier alpha value is -1.71. The summed E-state index contributed by atoms with van der Waals surface area (Å²) in [5, 5.41) is 10.1. The Morgan fingerprint density at radius 3 is 2.73 bits per heavy atom. The lowest BCUT2D eigenvalue weighted by molar-refractivity contribution is -0.123. The van der Waals surface area contributed by atoms with Gasteiger partial charge in [0.25, 0.3) is 11.1 Å². The third-order valence-electron chi connectivity index (χ3n) is 3.73. The lowest BCUT2D eigenvalue weighted by atomic mass is 10.1. The molecule has 1 aliphatic heterocycles. The molecule has 2 aromatic carbocycles. The fourth-order valence-electron chi connectivity index (χ4n) is 2.42. The Morgan fingerprint density at radius 1 is 1.31 bits per heavy atom. The van der Waals surface area contributed by atoms with Gasteiger partial charge in [-0.15, -0.1) is 0 Å². The van der Waals surface area contributed by atoms with Crippen LogP contribution in [-0.4, -0.2) is 28.3 Å². The first-order valence-corrected chi connectivity index (χ1v) is 9.73. The molecule has 2 aromatic rings. The molecule has 0 atom stereocenters. The summed E-state index contributed by atoms with van der Waals surface area (Å²) in [7, 11) is 1.45. The number of hydrogen-bond donors (Lipinski definition) is 1. The van der Waals surface area contributed by atoms with Gasteiger partial charge in [0, 0.05) is 5.02 Å². The van der Waals surface area contributed by atoms with Crippen molar-refractivity contribution in [2.45, 2.75) is 6.54 Å². The largest absolute Gasteiger partial charge is 0.504 e. The normalized spacial score (nSPS) is 15.8. The maximum absolute atomic E-state index is 12.6. The molecule has 1 N–H and O–H groups in total. The van der Waals surface area contributed by atoms with Crippen LogP contribution in [0.4, 0.5) is 4.79 Å². The number of phenolic OH excluding ortho intramolecular Hbond substituents is 1. The second-order valence-corrected chi connectivity index (χ2v) is 7.98. The summed E-state index contributed by atoms with van der Waals surface area (Å²) in [5.74, 6) is -0.0301. The van der Waals surface area contributed by atoms with Gasteiger partial charge >= 0.3 is 0 Å². The molecule has 26 heavy (non-hydrogen) atoms. The van der Waals surface area contributed by atoms with E-state index < -0.39 is 0 Å². The third kappa shape index (κ3) is 3.84. The third-order valence-corrected chi connectivity index (χ3v) is 5.83. The number of imide groups is 1. The van der Waals surface area contributed by atoms with Gasteiger partial charge in [-0.1, -0.05) is 29.8 Å². The summed E-state index contributed by atoms with van der Waals surface area (Å²) in [5.41, 5.74) is 1.37. The van der Waals surface area contributed by atoms with Crippen molar-refractivity contribution in [1.29, 1.82) is 0 Å². The van der Waals surface area contributed by atoms with Crippen LogP contribution in [0.2, 0.25) is 5.02 Å². The minimum absolute atomic E-state index is 0.0390. The molecule has 0 bridgehead atoms. The number of carbonyl (C=O) groups excluding carboxylic acids is 2. The molecule has 1 aliphatic rings. The quantitative estimate of drug-likeness (QED) is 0.477. The number of methoxy groups -OCH3 is 1. The molecule has 0 aromatic heterocycles. The van der Waals surface area contributed by atoms with Gasteiger partial charge in [-0.2, -0.15) is 0 Å². The Kier molecular flexibility index (Phi) is 5.79. The van der Waals surface area contributed by atoms with E-state index in [9.17, 15) is 14.7 Å². The predicted octanol–water partition coefficient (Wildman–Crippen LogP) is 4.90. The van der Waals surface area contributed by atoms with Crippen LogP contribution in [0.1, 0.15) is 11.1 Å².